The number of nitriles is 1. The van der Waals surface area contributed by atoms with Crippen LogP contribution in [0, 0.1) is 11.3 Å². The van der Waals surface area contributed by atoms with E-state index in [1.165, 1.54) is 0 Å². The molecule has 1 fully saturated rings. The second-order valence-electron chi connectivity index (χ2n) is 3.64. The summed E-state index contributed by atoms with van der Waals surface area (Å²) in [5.74, 6) is 0.0521. The lowest BCUT2D eigenvalue weighted by Gasteiger charge is -2.38. The molecule has 1 amide bonds. The van der Waals surface area contributed by atoms with E-state index in [1.807, 2.05) is 6.92 Å². The molecule has 0 aromatic carbocycles. The SMILES string of the molecule is CCCNC(C)C(=O)N1CCC1C#N. The molecule has 2 unspecified atom stereocenters. The quantitative estimate of drug-likeness (QED) is 0.710. The Labute approximate surface area is 84.9 Å². The lowest BCUT2D eigenvalue weighted by Crippen LogP contribution is -2.56. The zero-order chi connectivity index (χ0) is 10.6. The number of nitrogens with zero attached hydrogens (tertiary/aromatic N) is 2. The van der Waals surface area contributed by atoms with Crippen LogP contribution in [0.2, 0.25) is 0 Å². The number of nitrogens with one attached hydrogen (secondary N) is 1. The average Bonchev–Trinajstić information content (AvgIpc) is 2.13. The minimum absolute atomic E-state index is 0.0521. The molecule has 14 heavy (non-hydrogen) atoms. The molecule has 4 nitrogen and oxygen atoms in total. The van der Waals surface area contributed by atoms with E-state index in [0.717, 1.165) is 25.9 Å². The van der Waals surface area contributed by atoms with Crippen LogP contribution >= 0.6 is 0 Å². The molecule has 2 atom stereocenters. The maximum Gasteiger partial charge on any atom is 0.240 e. The van der Waals surface area contributed by atoms with E-state index in [9.17, 15) is 4.79 Å². The van der Waals surface area contributed by atoms with Crippen molar-refractivity contribution in [1.29, 1.82) is 5.26 Å². The van der Waals surface area contributed by atoms with E-state index in [4.69, 9.17) is 5.26 Å². The molecule has 1 heterocycles. The standard InChI is InChI=1S/C10H17N3O/c1-3-5-12-8(2)10(14)13-6-4-9(13)7-11/h8-9,12H,3-6H2,1-2H3. The molecule has 1 rings (SSSR count). The van der Waals surface area contributed by atoms with E-state index in [0.29, 0.717) is 0 Å². The molecule has 4 heteroatoms. The van der Waals surface area contributed by atoms with Gasteiger partial charge in [0.1, 0.15) is 6.04 Å². The van der Waals surface area contributed by atoms with Crippen LogP contribution in [0.15, 0.2) is 0 Å². The first-order valence-electron chi connectivity index (χ1n) is 5.14. The van der Waals surface area contributed by atoms with Crippen LogP contribution in [0.25, 0.3) is 0 Å². The van der Waals surface area contributed by atoms with E-state index in [2.05, 4.69) is 18.3 Å². The molecule has 78 valence electrons. The summed E-state index contributed by atoms with van der Waals surface area (Å²) < 4.78 is 0. The Balaban J connectivity index is 2.37. The molecule has 1 aliphatic heterocycles. The third-order valence-electron chi connectivity index (χ3n) is 2.52. The summed E-state index contributed by atoms with van der Waals surface area (Å²) in [6.45, 7) is 5.49. The molecule has 1 aliphatic rings. The summed E-state index contributed by atoms with van der Waals surface area (Å²) in [7, 11) is 0. The number of carbonyl (C=O) groups excluding carboxylic acids is 1. The molecule has 1 N–H and O–H groups in total. The van der Waals surface area contributed by atoms with Crippen molar-refractivity contribution in [2.45, 2.75) is 38.8 Å². The summed E-state index contributed by atoms with van der Waals surface area (Å²) in [6.07, 6.45) is 1.84. The molecule has 0 spiro atoms. The fourth-order valence-electron chi connectivity index (χ4n) is 1.48. The van der Waals surface area contributed by atoms with Gasteiger partial charge in [0, 0.05) is 6.54 Å². The predicted octanol–water partition coefficient (Wildman–Crippen LogP) is 0.499. The van der Waals surface area contributed by atoms with Gasteiger partial charge in [0.25, 0.3) is 0 Å². The van der Waals surface area contributed by atoms with Gasteiger partial charge in [0.2, 0.25) is 5.91 Å². The lowest BCUT2D eigenvalue weighted by atomic mass is 10.0. The summed E-state index contributed by atoms with van der Waals surface area (Å²) in [4.78, 5) is 13.4. The van der Waals surface area contributed by atoms with Crippen molar-refractivity contribution in [1.82, 2.24) is 10.2 Å². The first-order chi connectivity index (χ1) is 6.70. The Hall–Kier alpha value is -1.08. The van der Waals surface area contributed by atoms with E-state index >= 15 is 0 Å². The van der Waals surface area contributed by atoms with Gasteiger partial charge in [0.05, 0.1) is 12.1 Å². The van der Waals surface area contributed by atoms with E-state index in [1.54, 1.807) is 4.90 Å². The Kier molecular flexibility index (Phi) is 3.90. The van der Waals surface area contributed by atoms with Crippen molar-refractivity contribution in [3.63, 3.8) is 0 Å². The van der Waals surface area contributed by atoms with Gasteiger partial charge in [-0.1, -0.05) is 6.92 Å². The van der Waals surface area contributed by atoms with Gasteiger partial charge in [-0.05, 0) is 26.3 Å². The molecule has 1 saturated heterocycles. The minimum Gasteiger partial charge on any atom is -0.325 e. The summed E-state index contributed by atoms with van der Waals surface area (Å²) >= 11 is 0. The summed E-state index contributed by atoms with van der Waals surface area (Å²) in [5.41, 5.74) is 0. The molecule has 0 saturated carbocycles. The molecule has 0 aromatic rings. The number of carbonyl (C=O) groups is 1. The first kappa shape index (κ1) is 11.0. The number of amides is 1. The fourth-order valence-corrected chi connectivity index (χ4v) is 1.48. The van der Waals surface area contributed by atoms with E-state index < -0.39 is 0 Å². The van der Waals surface area contributed by atoms with Crippen molar-refractivity contribution in [2.24, 2.45) is 0 Å². The van der Waals surface area contributed by atoms with Crippen LogP contribution in [-0.2, 0) is 4.79 Å². The zero-order valence-corrected chi connectivity index (χ0v) is 8.79. The Morgan fingerprint density at radius 1 is 1.79 bits per heavy atom. The van der Waals surface area contributed by atoms with Crippen LogP contribution in [0.3, 0.4) is 0 Å². The second kappa shape index (κ2) is 4.97. The number of hydrogen-bond donors (Lipinski definition) is 1. The van der Waals surface area contributed by atoms with Crippen LogP contribution in [0.1, 0.15) is 26.7 Å². The van der Waals surface area contributed by atoms with Crippen molar-refractivity contribution in [3.8, 4) is 6.07 Å². The van der Waals surface area contributed by atoms with Gasteiger partial charge in [-0.15, -0.1) is 0 Å². The Bertz CT molecular complexity index is 246. The van der Waals surface area contributed by atoms with Crippen LogP contribution in [0.5, 0.6) is 0 Å². The Morgan fingerprint density at radius 2 is 2.50 bits per heavy atom. The fraction of sp³-hybridized carbons (Fsp3) is 0.800. The first-order valence-corrected chi connectivity index (χ1v) is 5.14. The highest BCUT2D eigenvalue weighted by atomic mass is 16.2. The highest BCUT2D eigenvalue weighted by Gasteiger charge is 2.33. The van der Waals surface area contributed by atoms with Gasteiger partial charge in [-0.25, -0.2) is 0 Å². The number of likely N-dealkylation sites (tertiary alicyclic amines) is 1. The van der Waals surface area contributed by atoms with Crippen molar-refractivity contribution < 1.29 is 4.79 Å². The largest absolute Gasteiger partial charge is 0.325 e. The highest BCUT2D eigenvalue weighted by Crippen LogP contribution is 2.17. The summed E-state index contributed by atoms with van der Waals surface area (Å²) in [5, 5.41) is 11.8. The molecular weight excluding hydrogens is 178 g/mol. The number of rotatable bonds is 4. The zero-order valence-electron chi connectivity index (χ0n) is 8.79. The highest BCUT2D eigenvalue weighted by molar-refractivity contribution is 5.82. The topological polar surface area (TPSA) is 56.1 Å². The third-order valence-corrected chi connectivity index (χ3v) is 2.52. The van der Waals surface area contributed by atoms with Crippen molar-refractivity contribution >= 4 is 5.91 Å². The van der Waals surface area contributed by atoms with Gasteiger partial charge < -0.3 is 10.2 Å². The van der Waals surface area contributed by atoms with Crippen LogP contribution < -0.4 is 5.32 Å². The normalized spacial score (nSPS) is 22.4. The molecule has 0 bridgehead atoms. The maximum atomic E-state index is 11.7. The average molecular weight is 195 g/mol. The predicted molar refractivity (Wildman–Crippen MR) is 53.5 cm³/mol. The van der Waals surface area contributed by atoms with Gasteiger partial charge in [-0.2, -0.15) is 5.26 Å². The number of hydrogen-bond acceptors (Lipinski definition) is 3. The van der Waals surface area contributed by atoms with Gasteiger partial charge in [0.15, 0.2) is 0 Å². The molecule has 0 aromatic heterocycles. The van der Waals surface area contributed by atoms with Gasteiger partial charge in [-0.3, -0.25) is 4.79 Å². The van der Waals surface area contributed by atoms with Crippen LogP contribution in [0.4, 0.5) is 0 Å². The minimum atomic E-state index is -0.187. The van der Waals surface area contributed by atoms with Gasteiger partial charge >= 0.3 is 0 Å². The monoisotopic (exact) mass is 195 g/mol. The lowest BCUT2D eigenvalue weighted by molar-refractivity contribution is -0.138. The van der Waals surface area contributed by atoms with E-state index in [-0.39, 0.29) is 18.0 Å². The third kappa shape index (κ3) is 2.24. The van der Waals surface area contributed by atoms with Crippen molar-refractivity contribution in [2.75, 3.05) is 13.1 Å². The second-order valence-corrected chi connectivity index (χ2v) is 3.64. The smallest absolute Gasteiger partial charge is 0.240 e. The van der Waals surface area contributed by atoms with Crippen LogP contribution in [-0.4, -0.2) is 36.0 Å². The summed E-state index contributed by atoms with van der Waals surface area (Å²) in [6, 6.07) is 1.77. The molecule has 0 radical (unpaired) electrons. The molecular formula is C10H17N3O. The molecule has 0 aliphatic carbocycles. The Morgan fingerprint density at radius 3 is 2.93 bits per heavy atom. The van der Waals surface area contributed by atoms with Crippen molar-refractivity contribution in [3.05, 3.63) is 0 Å². The maximum absolute atomic E-state index is 11.7.